The summed E-state index contributed by atoms with van der Waals surface area (Å²) in [6.07, 6.45) is 3.65. The zero-order valence-electron chi connectivity index (χ0n) is 12.7. The standard InChI is InChI=1S/C18H15FN4S/c19-12-6-8-13(9-7-12)23-17(15-5-3-11-21-15)16(22-18(23)24)14-4-1-2-10-20-14/h1-11,16-17,21H,(H,22,24). The summed E-state index contributed by atoms with van der Waals surface area (Å²) in [5, 5.41) is 3.95. The number of nitrogens with one attached hydrogen (secondary N) is 2. The number of halogens is 1. The van der Waals surface area contributed by atoms with Gasteiger partial charge in [-0.15, -0.1) is 0 Å². The smallest absolute Gasteiger partial charge is 0.174 e. The summed E-state index contributed by atoms with van der Waals surface area (Å²) < 4.78 is 13.3. The Bertz CT molecular complexity index is 833. The van der Waals surface area contributed by atoms with Crippen LogP contribution in [0.2, 0.25) is 0 Å². The maximum absolute atomic E-state index is 13.3. The molecule has 0 saturated carbocycles. The van der Waals surface area contributed by atoms with Crippen LogP contribution in [0.3, 0.4) is 0 Å². The number of hydrogen-bond donors (Lipinski definition) is 2. The quantitative estimate of drug-likeness (QED) is 0.714. The third-order valence-electron chi connectivity index (χ3n) is 4.14. The normalized spacial score (nSPS) is 20.2. The number of aromatic amines is 1. The lowest BCUT2D eigenvalue weighted by Gasteiger charge is -2.27. The van der Waals surface area contributed by atoms with Crippen molar-refractivity contribution in [2.75, 3.05) is 4.90 Å². The lowest BCUT2D eigenvalue weighted by atomic mass is 10.0. The average molecular weight is 338 g/mol. The number of H-pyrrole nitrogens is 1. The van der Waals surface area contributed by atoms with Crippen molar-refractivity contribution in [2.24, 2.45) is 0 Å². The van der Waals surface area contributed by atoms with E-state index in [9.17, 15) is 4.39 Å². The van der Waals surface area contributed by atoms with Gasteiger partial charge in [-0.2, -0.15) is 0 Å². The van der Waals surface area contributed by atoms with Crippen molar-refractivity contribution in [3.63, 3.8) is 0 Å². The molecule has 1 aliphatic rings. The fourth-order valence-corrected chi connectivity index (χ4v) is 3.42. The highest BCUT2D eigenvalue weighted by atomic mass is 32.1. The maximum atomic E-state index is 13.3. The number of pyridine rings is 1. The second-order valence-corrected chi connectivity index (χ2v) is 5.99. The van der Waals surface area contributed by atoms with Crippen LogP contribution in [0.1, 0.15) is 23.5 Å². The van der Waals surface area contributed by atoms with Crippen LogP contribution in [0.5, 0.6) is 0 Å². The third-order valence-corrected chi connectivity index (χ3v) is 4.46. The van der Waals surface area contributed by atoms with Crippen molar-refractivity contribution in [1.29, 1.82) is 0 Å². The number of hydrogen-bond acceptors (Lipinski definition) is 2. The van der Waals surface area contributed by atoms with Gasteiger partial charge < -0.3 is 15.2 Å². The molecule has 0 aliphatic carbocycles. The highest BCUT2D eigenvalue weighted by molar-refractivity contribution is 7.80. The van der Waals surface area contributed by atoms with Gasteiger partial charge in [-0.1, -0.05) is 6.07 Å². The summed E-state index contributed by atoms with van der Waals surface area (Å²) in [7, 11) is 0. The first-order valence-corrected chi connectivity index (χ1v) is 8.04. The molecule has 2 N–H and O–H groups in total. The predicted octanol–water partition coefficient (Wildman–Crippen LogP) is 3.73. The van der Waals surface area contributed by atoms with E-state index in [4.69, 9.17) is 12.2 Å². The lowest BCUT2D eigenvalue weighted by molar-refractivity contribution is 0.558. The van der Waals surface area contributed by atoms with Gasteiger partial charge in [-0.25, -0.2) is 4.39 Å². The molecule has 6 heteroatoms. The number of anilines is 1. The van der Waals surface area contributed by atoms with Crippen LogP contribution in [0.15, 0.2) is 67.0 Å². The van der Waals surface area contributed by atoms with E-state index in [2.05, 4.69) is 15.3 Å². The van der Waals surface area contributed by atoms with E-state index in [0.29, 0.717) is 5.11 Å². The van der Waals surface area contributed by atoms with Crippen LogP contribution < -0.4 is 10.2 Å². The van der Waals surface area contributed by atoms with Crippen molar-refractivity contribution >= 4 is 23.0 Å². The van der Waals surface area contributed by atoms with Crippen LogP contribution in [0.25, 0.3) is 0 Å². The molecule has 4 nitrogen and oxygen atoms in total. The minimum absolute atomic E-state index is 0.0899. The highest BCUT2D eigenvalue weighted by Crippen LogP contribution is 2.40. The summed E-state index contributed by atoms with van der Waals surface area (Å²) >= 11 is 5.56. The van der Waals surface area contributed by atoms with Gasteiger partial charge in [0, 0.05) is 23.8 Å². The Morgan fingerprint density at radius 1 is 1.04 bits per heavy atom. The average Bonchev–Trinajstić information content (AvgIpc) is 3.24. The van der Waals surface area contributed by atoms with E-state index in [0.717, 1.165) is 17.1 Å². The first-order valence-electron chi connectivity index (χ1n) is 7.63. The largest absolute Gasteiger partial charge is 0.363 e. The van der Waals surface area contributed by atoms with Gasteiger partial charge in [-0.3, -0.25) is 4.98 Å². The van der Waals surface area contributed by atoms with Gasteiger partial charge in [0.2, 0.25) is 0 Å². The Hall–Kier alpha value is -2.73. The third kappa shape index (κ3) is 2.55. The number of aromatic nitrogens is 2. The minimum Gasteiger partial charge on any atom is -0.363 e. The second-order valence-electron chi connectivity index (χ2n) is 5.60. The summed E-state index contributed by atoms with van der Waals surface area (Å²) in [4.78, 5) is 9.74. The van der Waals surface area contributed by atoms with E-state index in [1.165, 1.54) is 12.1 Å². The zero-order valence-corrected chi connectivity index (χ0v) is 13.5. The molecule has 3 heterocycles. The molecule has 24 heavy (non-hydrogen) atoms. The Labute approximate surface area is 144 Å². The van der Waals surface area contributed by atoms with Crippen LogP contribution >= 0.6 is 12.2 Å². The first-order chi connectivity index (χ1) is 11.7. The van der Waals surface area contributed by atoms with Crippen molar-refractivity contribution in [1.82, 2.24) is 15.3 Å². The van der Waals surface area contributed by atoms with Gasteiger partial charge in [0.25, 0.3) is 0 Å². The maximum Gasteiger partial charge on any atom is 0.174 e. The number of nitrogens with zero attached hydrogens (tertiary/aromatic N) is 2. The molecule has 120 valence electrons. The lowest BCUT2D eigenvalue weighted by Crippen LogP contribution is -2.29. The van der Waals surface area contributed by atoms with Crippen LogP contribution in [0.4, 0.5) is 10.1 Å². The molecular formula is C18H15FN4S. The molecule has 0 amide bonds. The Balaban J connectivity index is 1.80. The van der Waals surface area contributed by atoms with Crippen molar-refractivity contribution in [3.8, 4) is 0 Å². The van der Waals surface area contributed by atoms with Crippen molar-refractivity contribution < 1.29 is 4.39 Å². The molecule has 1 fully saturated rings. The van der Waals surface area contributed by atoms with Crippen LogP contribution in [-0.4, -0.2) is 15.1 Å². The molecule has 1 aromatic carbocycles. The molecular weight excluding hydrogens is 323 g/mol. The molecule has 0 radical (unpaired) electrons. The van der Waals surface area contributed by atoms with Gasteiger partial charge in [-0.05, 0) is 60.7 Å². The number of benzene rings is 1. The molecule has 3 aromatic rings. The summed E-state index contributed by atoms with van der Waals surface area (Å²) in [6.45, 7) is 0. The Morgan fingerprint density at radius 3 is 2.54 bits per heavy atom. The van der Waals surface area contributed by atoms with E-state index >= 15 is 0 Å². The minimum atomic E-state index is -0.269. The molecule has 0 spiro atoms. The van der Waals surface area contributed by atoms with Crippen LogP contribution in [-0.2, 0) is 0 Å². The Kier molecular flexibility index (Phi) is 3.74. The van der Waals surface area contributed by atoms with E-state index in [-0.39, 0.29) is 17.9 Å². The molecule has 0 bridgehead atoms. The van der Waals surface area contributed by atoms with Crippen molar-refractivity contribution in [3.05, 3.63) is 84.2 Å². The van der Waals surface area contributed by atoms with Crippen molar-refractivity contribution in [2.45, 2.75) is 12.1 Å². The number of rotatable bonds is 3. The first kappa shape index (κ1) is 14.8. The van der Waals surface area contributed by atoms with Gasteiger partial charge in [0.1, 0.15) is 11.9 Å². The van der Waals surface area contributed by atoms with Gasteiger partial charge in [0.15, 0.2) is 5.11 Å². The summed E-state index contributed by atoms with van der Waals surface area (Å²) in [6, 6.07) is 16.0. The van der Waals surface area contributed by atoms with Gasteiger partial charge in [0.05, 0.1) is 11.7 Å². The Morgan fingerprint density at radius 2 is 1.88 bits per heavy atom. The zero-order chi connectivity index (χ0) is 16.5. The van der Waals surface area contributed by atoms with Gasteiger partial charge >= 0.3 is 0 Å². The molecule has 4 rings (SSSR count). The van der Waals surface area contributed by atoms with Crippen LogP contribution in [0, 0.1) is 5.82 Å². The number of thiocarbonyl (C=S) groups is 1. The summed E-state index contributed by atoms with van der Waals surface area (Å²) in [5.74, 6) is -0.269. The second kappa shape index (κ2) is 6.05. The summed E-state index contributed by atoms with van der Waals surface area (Å²) in [5.41, 5.74) is 2.76. The SMILES string of the molecule is Fc1ccc(N2C(=S)NC(c3ccccn3)C2c2ccc[nH]2)cc1. The van der Waals surface area contributed by atoms with E-state index in [1.807, 2.05) is 41.4 Å². The fourth-order valence-electron chi connectivity index (χ4n) is 3.08. The molecule has 2 unspecified atom stereocenters. The fraction of sp³-hybridized carbons (Fsp3) is 0.111. The van der Waals surface area contributed by atoms with E-state index in [1.54, 1.807) is 18.3 Å². The highest BCUT2D eigenvalue weighted by Gasteiger charge is 2.41. The molecule has 2 aromatic heterocycles. The van der Waals surface area contributed by atoms with E-state index < -0.39 is 0 Å². The predicted molar refractivity (Wildman–Crippen MR) is 95.1 cm³/mol. The monoisotopic (exact) mass is 338 g/mol. The molecule has 2 atom stereocenters. The topological polar surface area (TPSA) is 44.0 Å². The molecule has 1 saturated heterocycles. The molecule has 1 aliphatic heterocycles.